The van der Waals surface area contributed by atoms with Crippen LogP contribution in [0.3, 0.4) is 0 Å². The van der Waals surface area contributed by atoms with E-state index in [0.29, 0.717) is 5.16 Å². The maximum Gasteiger partial charge on any atom is -0.0178 e. The van der Waals surface area contributed by atoms with Crippen LogP contribution in [0.5, 0.6) is 0 Å². The van der Waals surface area contributed by atoms with E-state index < -0.39 is 0 Å². The van der Waals surface area contributed by atoms with Crippen LogP contribution in [0.25, 0.3) is 0 Å². The average molecular weight is 202 g/mol. The molecule has 0 aromatic carbocycles. The lowest BCUT2D eigenvalue weighted by atomic mass is 9.97. The van der Waals surface area contributed by atoms with Crippen molar-refractivity contribution in [1.29, 1.82) is 0 Å². The van der Waals surface area contributed by atoms with E-state index in [-0.39, 0.29) is 0 Å². The van der Waals surface area contributed by atoms with E-state index in [4.69, 9.17) is 0 Å². The summed E-state index contributed by atoms with van der Waals surface area (Å²) in [6.45, 7) is 6.93. The molecule has 1 heteroatoms. The van der Waals surface area contributed by atoms with Gasteiger partial charge in [0.2, 0.25) is 0 Å². The van der Waals surface area contributed by atoms with Crippen LogP contribution in [0.1, 0.15) is 72.1 Å². The molecule has 0 aliphatic rings. The van der Waals surface area contributed by atoms with Crippen molar-refractivity contribution in [3.05, 3.63) is 0 Å². The van der Waals surface area contributed by atoms with Gasteiger partial charge in [0.05, 0.1) is 0 Å². The lowest BCUT2D eigenvalue weighted by Crippen LogP contribution is -2.14. The molecular formula is C12H27P. The number of rotatable bonds is 8. The quantitative estimate of drug-likeness (QED) is 0.392. The summed E-state index contributed by atoms with van der Waals surface area (Å²) < 4.78 is 0. The van der Waals surface area contributed by atoms with Crippen LogP contribution in [0.2, 0.25) is 0 Å². The summed E-state index contributed by atoms with van der Waals surface area (Å²) in [5.74, 6) is 0. The van der Waals surface area contributed by atoms with E-state index in [1.807, 2.05) is 0 Å². The van der Waals surface area contributed by atoms with Crippen LogP contribution >= 0.6 is 9.24 Å². The Morgan fingerprint density at radius 2 is 1.46 bits per heavy atom. The minimum absolute atomic E-state index is 0.515. The lowest BCUT2D eigenvalue weighted by Gasteiger charge is -2.23. The van der Waals surface area contributed by atoms with E-state index in [2.05, 4.69) is 30.0 Å². The van der Waals surface area contributed by atoms with Gasteiger partial charge < -0.3 is 0 Å². The van der Waals surface area contributed by atoms with Crippen molar-refractivity contribution in [3.63, 3.8) is 0 Å². The van der Waals surface area contributed by atoms with Crippen LogP contribution in [0.15, 0.2) is 0 Å². The molecule has 13 heavy (non-hydrogen) atoms. The summed E-state index contributed by atoms with van der Waals surface area (Å²) in [7, 11) is 3.03. The molecule has 0 spiro atoms. The van der Waals surface area contributed by atoms with Crippen molar-refractivity contribution < 1.29 is 0 Å². The predicted molar refractivity (Wildman–Crippen MR) is 66.4 cm³/mol. The molecule has 0 N–H and O–H groups in total. The van der Waals surface area contributed by atoms with Gasteiger partial charge in [-0.15, -0.1) is 9.24 Å². The van der Waals surface area contributed by atoms with Gasteiger partial charge in [0.15, 0.2) is 0 Å². The summed E-state index contributed by atoms with van der Waals surface area (Å²) >= 11 is 0. The van der Waals surface area contributed by atoms with E-state index in [0.717, 1.165) is 0 Å². The number of hydrogen-bond donors (Lipinski definition) is 0. The molecule has 0 rings (SSSR count). The third kappa shape index (κ3) is 8.75. The van der Waals surface area contributed by atoms with E-state index in [1.165, 1.54) is 51.4 Å². The van der Waals surface area contributed by atoms with E-state index in [9.17, 15) is 0 Å². The highest BCUT2D eigenvalue weighted by atomic mass is 31.0. The van der Waals surface area contributed by atoms with Crippen LogP contribution < -0.4 is 0 Å². The molecule has 0 saturated heterocycles. The normalized spacial score (nSPS) is 15.7. The Labute approximate surface area is 87.1 Å². The largest absolute Gasteiger partial charge is 0.131 e. The molecule has 0 radical (unpaired) electrons. The smallest absolute Gasteiger partial charge is 0.0178 e. The molecule has 0 aliphatic heterocycles. The van der Waals surface area contributed by atoms with Crippen molar-refractivity contribution in [2.45, 2.75) is 77.3 Å². The maximum absolute atomic E-state index is 3.03. The van der Waals surface area contributed by atoms with Gasteiger partial charge in [0.25, 0.3) is 0 Å². The second-order valence-corrected chi connectivity index (χ2v) is 5.96. The van der Waals surface area contributed by atoms with Crippen LogP contribution in [0.4, 0.5) is 0 Å². The number of hydrogen-bond acceptors (Lipinski definition) is 0. The fourth-order valence-electron chi connectivity index (χ4n) is 1.83. The summed E-state index contributed by atoms with van der Waals surface area (Å²) in [4.78, 5) is 0. The highest BCUT2D eigenvalue weighted by molar-refractivity contribution is 7.18. The Morgan fingerprint density at radius 1 is 0.846 bits per heavy atom. The second-order valence-electron chi connectivity index (χ2n) is 4.57. The first-order valence-corrected chi connectivity index (χ1v) is 6.49. The molecule has 2 atom stereocenters. The maximum atomic E-state index is 3.03. The zero-order valence-electron chi connectivity index (χ0n) is 9.73. The van der Waals surface area contributed by atoms with Crippen LogP contribution in [-0.4, -0.2) is 5.16 Å². The van der Waals surface area contributed by atoms with Crippen molar-refractivity contribution in [2.75, 3.05) is 0 Å². The third-order valence-corrected chi connectivity index (χ3v) is 3.25. The highest BCUT2D eigenvalue weighted by Crippen LogP contribution is 2.30. The zero-order valence-corrected chi connectivity index (χ0v) is 10.9. The molecule has 0 heterocycles. The van der Waals surface area contributed by atoms with Gasteiger partial charge in [-0.05, 0) is 18.0 Å². The standard InChI is InChI=1S/C12H27P/c1-4-6-7-8-9-11-12(3,13)10-5-2/h4-11,13H2,1-3H3. The van der Waals surface area contributed by atoms with E-state index in [1.54, 1.807) is 0 Å². The Hall–Kier alpha value is 0.430. The monoisotopic (exact) mass is 202 g/mol. The molecule has 2 unspecified atom stereocenters. The van der Waals surface area contributed by atoms with Crippen molar-refractivity contribution in [2.24, 2.45) is 0 Å². The van der Waals surface area contributed by atoms with Gasteiger partial charge in [-0.3, -0.25) is 0 Å². The molecule has 0 bridgehead atoms. The molecule has 80 valence electrons. The second kappa shape index (κ2) is 7.80. The van der Waals surface area contributed by atoms with E-state index >= 15 is 0 Å². The molecule has 0 nitrogen and oxygen atoms in total. The molecule has 0 aromatic heterocycles. The van der Waals surface area contributed by atoms with Gasteiger partial charge in [-0.2, -0.15) is 0 Å². The molecular weight excluding hydrogens is 175 g/mol. The molecule has 0 aliphatic carbocycles. The summed E-state index contributed by atoms with van der Waals surface area (Å²) in [5, 5.41) is 0.515. The van der Waals surface area contributed by atoms with Crippen molar-refractivity contribution >= 4 is 9.24 Å². The topological polar surface area (TPSA) is 0 Å². The SMILES string of the molecule is CCCCCCCC(C)(P)CCC. The van der Waals surface area contributed by atoms with Gasteiger partial charge >= 0.3 is 0 Å². The fourth-order valence-corrected chi connectivity index (χ4v) is 2.32. The molecule has 0 fully saturated rings. The van der Waals surface area contributed by atoms with Gasteiger partial charge in [-0.1, -0.05) is 59.3 Å². The first-order valence-electron chi connectivity index (χ1n) is 5.91. The Kier molecular flexibility index (Phi) is 8.06. The minimum atomic E-state index is 0.515. The van der Waals surface area contributed by atoms with Gasteiger partial charge in [-0.25, -0.2) is 0 Å². The number of unbranched alkanes of at least 4 members (excludes halogenated alkanes) is 4. The Morgan fingerprint density at radius 3 is 2.00 bits per heavy atom. The summed E-state index contributed by atoms with van der Waals surface area (Å²) in [5.41, 5.74) is 0. The summed E-state index contributed by atoms with van der Waals surface area (Å²) in [6, 6.07) is 0. The molecule has 0 saturated carbocycles. The Bertz CT molecular complexity index is 108. The lowest BCUT2D eigenvalue weighted by molar-refractivity contribution is 0.492. The summed E-state index contributed by atoms with van der Waals surface area (Å²) in [6.07, 6.45) is 11.1. The van der Waals surface area contributed by atoms with Crippen molar-refractivity contribution in [1.82, 2.24) is 0 Å². The zero-order chi connectivity index (χ0) is 10.2. The Balaban J connectivity index is 3.29. The van der Waals surface area contributed by atoms with Gasteiger partial charge in [0, 0.05) is 0 Å². The van der Waals surface area contributed by atoms with Crippen LogP contribution in [-0.2, 0) is 0 Å². The average Bonchev–Trinajstić information content (AvgIpc) is 2.04. The highest BCUT2D eigenvalue weighted by Gasteiger charge is 2.15. The predicted octanol–water partition coefficient (Wildman–Crippen LogP) is 4.78. The third-order valence-electron chi connectivity index (χ3n) is 2.67. The first kappa shape index (κ1) is 13.4. The van der Waals surface area contributed by atoms with Crippen molar-refractivity contribution in [3.8, 4) is 0 Å². The van der Waals surface area contributed by atoms with Gasteiger partial charge in [0.1, 0.15) is 0 Å². The first-order chi connectivity index (χ1) is 6.12. The molecule has 0 amide bonds. The fraction of sp³-hybridized carbons (Fsp3) is 1.00. The molecule has 0 aromatic rings. The van der Waals surface area contributed by atoms with Crippen LogP contribution in [0, 0.1) is 0 Å². The minimum Gasteiger partial charge on any atom is -0.131 e.